The van der Waals surface area contributed by atoms with Crippen LogP contribution < -0.4 is 5.63 Å². The lowest BCUT2D eigenvalue weighted by Gasteiger charge is -2.20. The fraction of sp³-hybridized carbons (Fsp3) is 0.353. The predicted molar refractivity (Wildman–Crippen MR) is 79.7 cm³/mol. The van der Waals surface area contributed by atoms with Crippen molar-refractivity contribution in [2.75, 3.05) is 0 Å². The molecule has 2 nitrogen and oxygen atoms in total. The van der Waals surface area contributed by atoms with Gasteiger partial charge >= 0.3 is 5.63 Å². The molecule has 0 unspecified atom stereocenters. The molecule has 19 heavy (non-hydrogen) atoms. The lowest BCUT2D eigenvalue weighted by molar-refractivity contribution is 0.524. The van der Waals surface area contributed by atoms with Crippen LogP contribution in [0.25, 0.3) is 11.0 Å². The molecule has 0 bridgehead atoms. The average Bonchev–Trinajstić information content (AvgIpc) is 2.27. The zero-order valence-corrected chi connectivity index (χ0v) is 12.0. The Kier molecular flexibility index (Phi) is 3.36. The summed E-state index contributed by atoms with van der Waals surface area (Å²) >= 11 is 0. The van der Waals surface area contributed by atoms with E-state index >= 15 is 0 Å². The Balaban J connectivity index is 2.71. The first kappa shape index (κ1) is 13.6. The Morgan fingerprint density at radius 3 is 2.58 bits per heavy atom. The Bertz CT molecular complexity index is 684. The molecule has 0 radical (unpaired) electrons. The molecule has 0 N–H and O–H groups in total. The van der Waals surface area contributed by atoms with E-state index in [2.05, 4.69) is 27.4 Å². The second-order valence-electron chi connectivity index (χ2n) is 6.17. The molecule has 1 aromatic heterocycles. The summed E-state index contributed by atoms with van der Waals surface area (Å²) in [6.07, 6.45) is 0.567. The lowest BCUT2D eigenvalue weighted by atomic mass is 9.86. The van der Waals surface area contributed by atoms with Crippen molar-refractivity contribution in [1.82, 2.24) is 0 Å². The number of para-hydroxylation sites is 1. The van der Waals surface area contributed by atoms with Crippen LogP contribution in [0.2, 0.25) is 0 Å². The van der Waals surface area contributed by atoms with E-state index in [9.17, 15) is 4.79 Å². The zero-order valence-electron chi connectivity index (χ0n) is 12.0. The summed E-state index contributed by atoms with van der Waals surface area (Å²) in [5, 5.41) is 0.975. The van der Waals surface area contributed by atoms with Gasteiger partial charge in [0.05, 0.1) is 0 Å². The van der Waals surface area contributed by atoms with E-state index in [1.165, 1.54) is 0 Å². The first-order chi connectivity index (χ1) is 8.79. The first-order valence-electron chi connectivity index (χ1n) is 6.49. The maximum Gasteiger partial charge on any atom is 0.339 e. The number of hydrogen-bond donors (Lipinski definition) is 0. The number of rotatable bonds is 2. The Morgan fingerprint density at radius 2 is 2.00 bits per heavy atom. The van der Waals surface area contributed by atoms with E-state index < -0.39 is 0 Å². The highest BCUT2D eigenvalue weighted by molar-refractivity contribution is 5.81. The molecule has 1 heterocycles. The van der Waals surface area contributed by atoms with E-state index in [-0.39, 0.29) is 11.0 Å². The molecule has 0 aliphatic carbocycles. The van der Waals surface area contributed by atoms with Gasteiger partial charge in [-0.2, -0.15) is 0 Å². The Hall–Kier alpha value is -1.83. The molecule has 0 aliphatic heterocycles. The van der Waals surface area contributed by atoms with Gasteiger partial charge in [-0.25, -0.2) is 4.79 Å². The van der Waals surface area contributed by atoms with Crippen LogP contribution in [0, 0.1) is 0 Å². The highest BCUT2D eigenvalue weighted by Gasteiger charge is 2.19. The second kappa shape index (κ2) is 4.69. The maximum atomic E-state index is 12.0. The average molecular weight is 256 g/mol. The van der Waals surface area contributed by atoms with Gasteiger partial charge in [-0.3, -0.25) is 0 Å². The van der Waals surface area contributed by atoms with Gasteiger partial charge in [0.2, 0.25) is 0 Å². The molecule has 0 saturated heterocycles. The topological polar surface area (TPSA) is 30.2 Å². The lowest BCUT2D eigenvalue weighted by Crippen LogP contribution is -2.14. The number of fused-ring (bicyclic) bond motifs is 1. The highest BCUT2D eigenvalue weighted by atomic mass is 16.4. The van der Waals surface area contributed by atoms with Crippen molar-refractivity contribution in [3.63, 3.8) is 0 Å². The number of benzene rings is 1. The van der Waals surface area contributed by atoms with Crippen LogP contribution in [-0.2, 0) is 11.8 Å². The minimum Gasteiger partial charge on any atom is -0.422 e. The van der Waals surface area contributed by atoms with Crippen molar-refractivity contribution in [3.05, 3.63) is 58.0 Å². The minimum absolute atomic E-state index is 0.0503. The fourth-order valence-electron chi connectivity index (χ4n) is 2.23. The van der Waals surface area contributed by atoms with Crippen molar-refractivity contribution in [2.24, 2.45) is 0 Å². The predicted octanol–water partition coefficient (Wildman–Crippen LogP) is 4.21. The van der Waals surface area contributed by atoms with E-state index in [0.29, 0.717) is 17.6 Å². The van der Waals surface area contributed by atoms with Gasteiger partial charge < -0.3 is 4.42 Å². The molecule has 100 valence electrons. The molecule has 1 aromatic carbocycles. The largest absolute Gasteiger partial charge is 0.422 e. The third-order valence-electron chi connectivity index (χ3n) is 3.13. The molecule has 0 fully saturated rings. The smallest absolute Gasteiger partial charge is 0.339 e. The summed E-state index contributed by atoms with van der Waals surface area (Å²) in [6.45, 7) is 12.1. The molecular weight excluding hydrogens is 236 g/mol. The van der Waals surface area contributed by atoms with Crippen LogP contribution in [0.15, 0.2) is 45.6 Å². The van der Waals surface area contributed by atoms with E-state index in [4.69, 9.17) is 4.42 Å². The van der Waals surface area contributed by atoms with Crippen LogP contribution in [0.3, 0.4) is 0 Å². The third kappa shape index (κ3) is 2.78. The van der Waals surface area contributed by atoms with Gasteiger partial charge in [0.1, 0.15) is 5.58 Å². The summed E-state index contributed by atoms with van der Waals surface area (Å²) in [7, 11) is 0. The van der Waals surface area contributed by atoms with Crippen molar-refractivity contribution >= 4 is 11.0 Å². The summed E-state index contributed by atoms with van der Waals surface area (Å²) in [5.41, 5.74) is 3.08. The Morgan fingerprint density at radius 1 is 1.32 bits per heavy atom. The molecule has 0 saturated carbocycles. The van der Waals surface area contributed by atoms with Gasteiger partial charge in [0.15, 0.2) is 0 Å². The van der Waals surface area contributed by atoms with Gasteiger partial charge in [0.25, 0.3) is 0 Å². The SMILES string of the molecule is C=C(C)Cc1cc2cccc(C(C)(C)C)c2oc1=O. The molecule has 0 aliphatic rings. The molecule has 2 rings (SSSR count). The molecule has 0 atom stereocenters. The minimum atomic E-state index is -0.257. The summed E-state index contributed by atoms with van der Waals surface area (Å²) in [5.74, 6) is 0. The maximum absolute atomic E-state index is 12.0. The summed E-state index contributed by atoms with van der Waals surface area (Å²) in [6, 6.07) is 7.93. The Labute approximate surface area is 113 Å². The van der Waals surface area contributed by atoms with Crippen molar-refractivity contribution in [3.8, 4) is 0 Å². The fourth-order valence-corrected chi connectivity index (χ4v) is 2.23. The number of hydrogen-bond acceptors (Lipinski definition) is 2. The van der Waals surface area contributed by atoms with E-state index in [1.807, 2.05) is 31.2 Å². The molecule has 2 heteroatoms. The highest BCUT2D eigenvalue weighted by Crippen LogP contribution is 2.29. The zero-order chi connectivity index (χ0) is 14.2. The van der Waals surface area contributed by atoms with Crippen molar-refractivity contribution in [1.29, 1.82) is 0 Å². The van der Waals surface area contributed by atoms with Crippen LogP contribution in [0.1, 0.15) is 38.8 Å². The third-order valence-corrected chi connectivity index (χ3v) is 3.13. The van der Waals surface area contributed by atoms with Gasteiger partial charge in [-0.05, 0) is 24.8 Å². The van der Waals surface area contributed by atoms with Gasteiger partial charge in [0, 0.05) is 16.5 Å². The quantitative estimate of drug-likeness (QED) is 0.595. The monoisotopic (exact) mass is 256 g/mol. The van der Waals surface area contributed by atoms with Gasteiger partial charge in [-0.15, -0.1) is 0 Å². The molecular formula is C17H20O2. The van der Waals surface area contributed by atoms with E-state index in [0.717, 1.165) is 16.5 Å². The van der Waals surface area contributed by atoms with Crippen LogP contribution in [0.5, 0.6) is 0 Å². The second-order valence-corrected chi connectivity index (χ2v) is 6.17. The molecule has 0 amide bonds. The number of allylic oxidation sites excluding steroid dienone is 1. The van der Waals surface area contributed by atoms with Crippen LogP contribution in [0.4, 0.5) is 0 Å². The summed E-state index contributed by atoms with van der Waals surface area (Å²) in [4.78, 5) is 12.0. The standard InChI is InChI=1S/C17H20O2/c1-11(2)9-13-10-12-7-6-8-14(17(3,4)5)15(12)19-16(13)18/h6-8,10H,1,9H2,2-5H3. The van der Waals surface area contributed by atoms with Gasteiger partial charge in [-0.1, -0.05) is 51.1 Å². The molecule has 2 aromatic rings. The first-order valence-corrected chi connectivity index (χ1v) is 6.49. The van der Waals surface area contributed by atoms with Crippen LogP contribution in [-0.4, -0.2) is 0 Å². The van der Waals surface area contributed by atoms with Crippen molar-refractivity contribution in [2.45, 2.75) is 39.5 Å². The normalized spacial score (nSPS) is 11.8. The van der Waals surface area contributed by atoms with E-state index in [1.54, 1.807) is 0 Å². The van der Waals surface area contributed by atoms with Crippen molar-refractivity contribution < 1.29 is 4.42 Å². The summed E-state index contributed by atoms with van der Waals surface area (Å²) < 4.78 is 5.55. The van der Waals surface area contributed by atoms with Crippen LogP contribution >= 0.6 is 0 Å². The molecule has 0 spiro atoms.